The molecule has 1 rings (SSSR count). The third kappa shape index (κ3) is 6.85. The highest BCUT2D eigenvalue weighted by molar-refractivity contribution is 7.99. The van der Waals surface area contributed by atoms with Crippen LogP contribution in [0.1, 0.15) is 27.7 Å². The molecule has 8 heteroatoms. The number of rotatable bonds is 9. The van der Waals surface area contributed by atoms with Crippen molar-refractivity contribution in [2.24, 2.45) is 5.92 Å². The molecule has 0 saturated heterocycles. The number of tetrazole rings is 1. The molecule has 1 aromatic heterocycles. The van der Waals surface area contributed by atoms with E-state index in [0.29, 0.717) is 23.4 Å². The molecular weight excluding hydrogens is 276 g/mol. The Morgan fingerprint density at radius 1 is 1.35 bits per heavy atom. The van der Waals surface area contributed by atoms with Crippen LogP contribution in [0.25, 0.3) is 0 Å². The molecule has 20 heavy (non-hydrogen) atoms. The maximum atomic E-state index is 11.6. The van der Waals surface area contributed by atoms with Gasteiger partial charge in [0.05, 0.1) is 12.3 Å². The van der Waals surface area contributed by atoms with E-state index in [1.807, 2.05) is 13.8 Å². The van der Waals surface area contributed by atoms with E-state index < -0.39 is 0 Å². The Morgan fingerprint density at radius 3 is 2.75 bits per heavy atom. The summed E-state index contributed by atoms with van der Waals surface area (Å²) < 4.78 is 1.72. The van der Waals surface area contributed by atoms with Crippen LogP contribution in [0.5, 0.6) is 0 Å². The summed E-state index contributed by atoms with van der Waals surface area (Å²) in [5, 5.41) is 18.4. The SMILES string of the molecule is CC(C)CNCCn1nnnc1SCC(=O)NC(C)C. The Kier molecular flexibility index (Phi) is 7.53. The second kappa shape index (κ2) is 8.91. The molecule has 0 radical (unpaired) electrons. The van der Waals surface area contributed by atoms with Crippen molar-refractivity contribution in [2.75, 3.05) is 18.8 Å². The molecule has 2 N–H and O–H groups in total. The molecule has 0 atom stereocenters. The van der Waals surface area contributed by atoms with Gasteiger partial charge >= 0.3 is 0 Å². The average Bonchev–Trinajstić information content (AvgIpc) is 2.78. The summed E-state index contributed by atoms with van der Waals surface area (Å²) >= 11 is 1.36. The molecule has 1 heterocycles. The molecule has 0 aromatic carbocycles. The van der Waals surface area contributed by atoms with Crippen molar-refractivity contribution >= 4 is 17.7 Å². The second-order valence-corrected chi connectivity index (χ2v) is 6.24. The molecule has 0 spiro atoms. The first-order valence-corrected chi connectivity index (χ1v) is 7.86. The van der Waals surface area contributed by atoms with Crippen LogP contribution in [0, 0.1) is 5.92 Å². The van der Waals surface area contributed by atoms with Gasteiger partial charge in [-0.2, -0.15) is 0 Å². The Morgan fingerprint density at radius 2 is 2.10 bits per heavy atom. The summed E-state index contributed by atoms with van der Waals surface area (Å²) in [7, 11) is 0. The van der Waals surface area contributed by atoms with Gasteiger partial charge in [-0.3, -0.25) is 4.79 Å². The summed E-state index contributed by atoms with van der Waals surface area (Å²) in [6, 6.07) is 0.152. The van der Waals surface area contributed by atoms with E-state index in [1.165, 1.54) is 11.8 Å². The monoisotopic (exact) mass is 300 g/mol. The predicted molar refractivity (Wildman–Crippen MR) is 79.5 cm³/mol. The molecule has 0 aliphatic rings. The maximum absolute atomic E-state index is 11.6. The molecule has 7 nitrogen and oxygen atoms in total. The molecule has 0 unspecified atom stereocenters. The van der Waals surface area contributed by atoms with Crippen LogP contribution in [0.2, 0.25) is 0 Å². The number of carbonyl (C=O) groups excluding carboxylic acids is 1. The number of amides is 1. The van der Waals surface area contributed by atoms with Crippen molar-refractivity contribution in [1.82, 2.24) is 30.8 Å². The highest BCUT2D eigenvalue weighted by Crippen LogP contribution is 2.12. The molecule has 0 fully saturated rings. The van der Waals surface area contributed by atoms with E-state index in [4.69, 9.17) is 0 Å². The standard InChI is InChI=1S/C12H24N6OS/c1-9(2)7-13-5-6-18-12(15-16-17-18)20-8-11(19)14-10(3)4/h9-10,13H,5-8H2,1-4H3,(H,14,19). The highest BCUT2D eigenvalue weighted by atomic mass is 32.2. The Bertz CT molecular complexity index is 406. The van der Waals surface area contributed by atoms with Crippen LogP contribution in [0.3, 0.4) is 0 Å². The van der Waals surface area contributed by atoms with Crippen molar-refractivity contribution < 1.29 is 4.79 Å². The van der Waals surface area contributed by atoms with Crippen molar-refractivity contribution in [3.05, 3.63) is 0 Å². The van der Waals surface area contributed by atoms with Gasteiger partial charge in [-0.25, -0.2) is 4.68 Å². The normalized spacial score (nSPS) is 11.3. The van der Waals surface area contributed by atoms with Gasteiger partial charge in [-0.15, -0.1) is 5.10 Å². The quantitative estimate of drug-likeness (QED) is 0.511. The van der Waals surface area contributed by atoms with Crippen LogP contribution in [-0.4, -0.2) is 51.0 Å². The van der Waals surface area contributed by atoms with E-state index in [-0.39, 0.29) is 11.9 Å². The third-order valence-electron chi connectivity index (χ3n) is 2.33. The minimum absolute atomic E-state index is 0.00233. The number of nitrogens with one attached hydrogen (secondary N) is 2. The van der Waals surface area contributed by atoms with E-state index in [1.54, 1.807) is 4.68 Å². The van der Waals surface area contributed by atoms with Gasteiger partial charge in [0.15, 0.2) is 0 Å². The largest absolute Gasteiger partial charge is 0.353 e. The van der Waals surface area contributed by atoms with E-state index in [9.17, 15) is 4.79 Å². The Hall–Kier alpha value is -1.15. The molecule has 0 bridgehead atoms. The van der Waals surface area contributed by atoms with Gasteiger partial charge in [-0.05, 0) is 36.7 Å². The first kappa shape index (κ1) is 16.9. The van der Waals surface area contributed by atoms with Gasteiger partial charge < -0.3 is 10.6 Å². The van der Waals surface area contributed by atoms with Crippen LogP contribution in [0.4, 0.5) is 0 Å². The number of carbonyl (C=O) groups is 1. The van der Waals surface area contributed by atoms with E-state index in [2.05, 4.69) is 40.0 Å². The second-order valence-electron chi connectivity index (χ2n) is 5.29. The maximum Gasteiger partial charge on any atom is 0.230 e. The topological polar surface area (TPSA) is 84.7 Å². The number of hydrogen-bond donors (Lipinski definition) is 2. The van der Waals surface area contributed by atoms with Gasteiger partial charge in [0.1, 0.15) is 0 Å². The summed E-state index contributed by atoms with van der Waals surface area (Å²) in [5.41, 5.74) is 0. The van der Waals surface area contributed by atoms with Crippen LogP contribution in [0.15, 0.2) is 5.16 Å². The zero-order chi connectivity index (χ0) is 15.0. The molecule has 114 valence electrons. The summed E-state index contributed by atoms with van der Waals surface area (Å²) in [6.07, 6.45) is 0. The zero-order valence-corrected chi connectivity index (χ0v) is 13.4. The van der Waals surface area contributed by atoms with Crippen molar-refractivity contribution in [2.45, 2.75) is 45.4 Å². The van der Waals surface area contributed by atoms with Gasteiger partial charge in [0, 0.05) is 12.6 Å². The first-order valence-electron chi connectivity index (χ1n) is 6.88. The molecule has 0 aliphatic carbocycles. The minimum atomic E-state index is -0.00233. The fourth-order valence-electron chi connectivity index (χ4n) is 1.51. The molecule has 1 aromatic rings. The van der Waals surface area contributed by atoms with Crippen LogP contribution in [-0.2, 0) is 11.3 Å². The minimum Gasteiger partial charge on any atom is -0.353 e. The smallest absolute Gasteiger partial charge is 0.230 e. The number of thioether (sulfide) groups is 1. The molecule has 0 aliphatic heterocycles. The lowest BCUT2D eigenvalue weighted by Crippen LogP contribution is -2.31. The third-order valence-corrected chi connectivity index (χ3v) is 3.29. The van der Waals surface area contributed by atoms with E-state index in [0.717, 1.165) is 13.1 Å². The van der Waals surface area contributed by atoms with Gasteiger partial charge in [0.2, 0.25) is 11.1 Å². The lowest BCUT2D eigenvalue weighted by atomic mass is 10.2. The van der Waals surface area contributed by atoms with E-state index >= 15 is 0 Å². The lowest BCUT2D eigenvalue weighted by molar-refractivity contribution is -0.119. The Balaban J connectivity index is 2.33. The van der Waals surface area contributed by atoms with Crippen molar-refractivity contribution in [3.63, 3.8) is 0 Å². The lowest BCUT2D eigenvalue weighted by Gasteiger charge is -2.09. The molecule has 1 amide bonds. The van der Waals surface area contributed by atoms with Crippen LogP contribution >= 0.6 is 11.8 Å². The van der Waals surface area contributed by atoms with Crippen molar-refractivity contribution in [1.29, 1.82) is 0 Å². The molecule has 0 saturated carbocycles. The number of nitrogens with zero attached hydrogens (tertiary/aromatic N) is 4. The fourth-order valence-corrected chi connectivity index (χ4v) is 2.22. The average molecular weight is 300 g/mol. The molecular formula is C12H24N6OS. The highest BCUT2D eigenvalue weighted by Gasteiger charge is 2.10. The predicted octanol–water partition coefficient (Wildman–Crippen LogP) is 0.535. The zero-order valence-electron chi connectivity index (χ0n) is 12.6. The Labute approximate surface area is 124 Å². The van der Waals surface area contributed by atoms with Crippen molar-refractivity contribution in [3.8, 4) is 0 Å². The number of aromatic nitrogens is 4. The van der Waals surface area contributed by atoms with Gasteiger partial charge in [0.25, 0.3) is 0 Å². The summed E-state index contributed by atoms with van der Waals surface area (Å²) in [6.45, 7) is 10.7. The fraction of sp³-hybridized carbons (Fsp3) is 0.833. The summed E-state index contributed by atoms with van der Waals surface area (Å²) in [5.74, 6) is 0.952. The first-order chi connectivity index (χ1) is 9.49. The summed E-state index contributed by atoms with van der Waals surface area (Å²) in [4.78, 5) is 11.6. The number of hydrogen-bond acceptors (Lipinski definition) is 6. The van der Waals surface area contributed by atoms with Gasteiger partial charge in [-0.1, -0.05) is 25.6 Å². The van der Waals surface area contributed by atoms with Crippen LogP contribution < -0.4 is 10.6 Å².